The highest BCUT2D eigenvalue weighted by Crippen LogP contribution is 2.33. The fraction of sp³-hybridized carbons (Fsp3) is 0.273. The number of imidazole rings is 1. The molecular weight excluding hydrogens is 560 g/mol. The van der Waals surface area contributed by atoms with E-state index in [1.54, 1.807) is 0 Å². The van der Waals surface area contributed by atoms with E-state index in [2.05, 4.69) is 49.9 Å². The lowest BCUT2D eigenvalue weighted by Gasteiger charge is -2.20. The number of hydrogen-bond acceptors (Lipinski definition) is 9. The first-order chi connectivity index (χ1) is 21.5. The summed E-state index contributed by atoms with van der Waals surface area (Å²) in [6.45, 7) is 0.347. The zero-order chi connectivity index (χ0) is 30.5. The largest absolute Gasteiger partial charge is 0.394 e. The summed E-state index contributed by atoms with van der Waals surface area (Å²) in [6, 6.07) is 30.0. The molecule has 3 heterocycles. The molecule has 0 saturated carbocycles. The van der Waals surface area contributed by atoms with Gasteiger partial charge in [-0.3, -0.25) is 9.36 Å². The van der Waals surface area contributed by atoms with E-state index in [1.807, 2.05) is 66.7 Å². The Bertz CT molecular complexity index is 1650. The van der Waals surface area contributed by atoms with E-state index in [4.69, 9.17) is 4.74 Å². The summed E-state index contributed by atoms with van der Waals surface area (Å²) >= 11 is 0. The van der Waals surface area contributed by atoms with Crippen molar-refractivity contribution in [2.24, 2.45) is 0 Å². The maximum absolute atomic E-state index is 13.3. The first kappa shape index (κ1) is 29.4. The fourth-order valence-corrected chi connectivity index (χ4v) is 5.48. The van der Waals surface area contributed by atoms with Gasteiger partial charge in [-0.2, -0.15) is 0 Å². The number of nitrogens with zero attached hydrogens (tertiary/aromatic N) is 4. The highest BCUT2D eigenvalue weighted by atomic mass is 16.6. The number of aliphatic hydroxyl groups excluding tert-OH is 3. The van der Waals surface area contributed by atoms with Crippen molar-refractivity contribution >= 4 is 22.9 Å². The summed E-state index contributed by atoms with van der Waals surface area (Å²) in [6.07, 6.45) is -2.65. The molecule has 44 heavy (non-hydrogen) atoms. The lowest BCUT2D eigenvalue weighted by molar-refractivity contribution is -0.0511. The first-order valence-corrected chi connectivity index (χ1v) is 14.6. The average Bonchev–Trinajstić information content (AvgIpc) is 3.62. The SMILES string of the molecule is O=C(NCCc1ccccc1)c1nc(NCC(c2ccccc2)c2ccccc2)c2ncn([C@@H]3O[C@H](CO)[C@@H](O)[C@H]3O)c2n1. The fourth-order valence-electron chi connectivity index (χ4n) is 5.48. The van der Waals surface area contributed by atoms with Crippen LogP contribution in [0.15, 0.2) is 97.3 Å². The van der Waals surface area contributed by atoms with E-state index in [-0.39, 0.29) is 17.4 Å². The van der Waals surface area contributed by atoms with Crippen LogP contribution in [0.1, 0.15) is 39.5 Å². The van der Waals surface area contributed by atoms with Crippen molar-refractivity contribution in [3.05, 3.63) is 120 Å². The summed E-state index contributed by atoms with van der Waals surface area (Å²) in [5.74, 6) is -0.251. The van der Waals surface area contributed by atoms with E-state index in [0.29, 0.717) is 30.8 Å². The molecule has 5 N–H and O–H groups in total. The molecule has 0 spiro atoms. The van der Waals surface area contributed by atoms with Crippen LogP contribution in [0.2, 0.25) is 0 Å². The van der Waals surface area contributed by atoms with Gasteiger partial charge < -0.3 is 30.7 Å². The number of aromatic nitrogens is 4. The molecule has 0 aliphatic carbocycles. The zero-order valence-corrected chi connectivity index (χ0v) is 23.9. The quantitative estimate of drug-likeness (QED) is 0.155. The minimum atomic E-state index is -1.35. The molecule has 1 saturated heterocycles. The molecule has 1 aliphatic rings. The van der Waals surface area contributed by atoms with Crippen molar-refractivity contribution in [3.8, 4) is 0 Å². The number of rotatable bonds is 11. The smallest absolute Gasteiger partial charge is 0.289 e. The van der Waals surface area contributed by atoms with Gasteiger partial charge in [-0.1, -0.05) is 91.0 Å². The standard InChI is InChI=1S/C33H34N6O5/c40-19-25-27(41)28(42)33(44-25)39-20-36-26-29(35-18-24(22-12-6-2-7-13-22)23-14-8-3-9-15-23)37-30(38-31(26)39)32(43)34-17-16-21-10-4-1-5-11-21/h1-15,20,24-25,27-28,33,40-42H,16-19H2,(H,34,43)(H,35,37,38)/t25-,27-,28-,33-/m1/s1. The van der Waals surface area contributed by atoms with Crippen molar-refractivity contribution in [1.82, 2.24) is 24.8 Å². The van der Waals surface area contributed by atoms with Crippen LogP contribution in [0.5, 0.6) is 0 Å². The van der Waals surface area contributed by atoms with Gasteiger partial charge in [0, 0.05) is 19.0 Å². The highest BCUT2D eigenvalue weighted by Gasteiger charge is 2.44. The third kappa shape index (κ3) is 6.17. The van der Waals surface area contributed by atoms with Gasteiger partial charge in [0.15, 0.2) is 23.2 Å². The molecule has 226 valence electrons. The average molecular weight is 595 g/mol. The predicted octanol–water partition coefficient (Wildman–Crippen LogP) is 2.65. The molecule has 4 atom stereocenters. The number of hydrogen-bond donors (Lipinski definition) is 5. The summed E-state index contributed by atoms with van der Waals surface area (Å²) in [4.78, 5) is 27.0. The molecular formula is C33H34N6O5. The zero-order valence-electron chi connectivity index (χ0n) is 23.9. The van der Waals surface area contributed by atoms with Gasteiger partial charge in [0.05, 0.1) is 12.9 Å². The van der Waals surface area contributed by atoms with E-state index in [9.17, 15) is 20.1 Å². The summed E-state index contributed by atoms with van der Waals surface area (Å²) in [5.41, 5.74) is 3.90. The number of nitrogens with one attached hydrogen (secondary N) is 2. The molecule has 11 heteroatoms. The van der Waals surface area contributed by atoms with Gasteiger partial charge in [0.2, 0.25) is 5.82 Å². The van der Waals surface area contributed by atoms with Crippen LogP contribution >= 0.6 is 0 Å². The van der Waals surface area contributed by atoms with Crippen LogP contribution in [-0.2, 0) is 11.2 Å². The normalized spacial score (nSPS) is 19.8. The molecule has 1 aliphatic heterocycles. The number of anilines is 1. The number of fused-ring (bicyclic) bond motifs is 1. The molecule has 6 rings (SSSR count). The Morgan fingerprint density at radius 1 is 0.886 bits per heavy atom. The predicted molar refractivity (Wildman–Crippen MR) is 164 cm³/mol. The van der Waals surface area contributed by atoms with Crippen LogP contribution in [-0.4, -0.2) is 78.8 Å². The second kappa shape index (κ2) is 13.3. The Morgan fingerprint density at radius 2 is 1.52 bits per heavy atom. The molecule has 2 aromatic heterocycles. The lowest BCUT2D eigenvalue weighted by atomic mass is 9.91. The first-order valence-electron chi connectivity index (χ1n) is 14.6. The molecule has 11 nitrogen and oxygen atoms in total. The molecule has 3 aromatic carbocycles. The maximum atomic E-state index is 13.3. The number of amides is 1. The molecule has 1 fully saturated rings. The summed E-state index contributed by atoms with van der Waals surface area (Å²) in [7, 11) is 0. The number of carbonyl (C=O) groups excluding carboxylic acids is 1. The van der Waals surface area contributed by atoms with Crippen LogP contribution in [0.4, 0.5) is 5.82 Å². The third-order valence-electron chi connectivity index (χ3n) is 7.84. The molecule has 0 radical (unpaired) electrons. The lowest BCUT2D eigenvalue weighted by Crippen LogP contribution is -2.33. The monoisotopic (exact) mass is 594 g/mol. The number of carbonyl (C=O) groups is 1. The minimum absolute atomic E-state index is 0.0342. The van der Waals surface area contributed by atoms with Gasteiger partial charge in [-0.25, -0.2) is 15.0 Å². The molecule has 0 unspecified atom stereocenters. The number of benzene rings is 3. The Morgan fingerprint density at radius 3 is 2.14 bits per heavy atom. The van der Waals surface area contributed by atoms with Gasteiger partial charge in [0.1, 0.15) is 18.3 Å². The Hall–Kier alpha value is -4.68. The number of ether oxygens (including phenoxy) is 1. The van der Waals surface area contributed by atoms with Crippen molar-refractivity contribution in [2.45, 2.75) is 36.9 Å². The van der Waals surface area contributed by atoms with Gasteiger partial charge >= 0.3 is 0 Å². The Balaban J connectivity index is 1.33. The molecule has 1 amide bonds. The van der Waals surface area contributed by atoms with E-state index < -0.39 is 37.1 Å². The van der Waals surface area contributed by atoms with E-state index in [1.165, 1.54) is 10.9 Å². The second-order valence-electron chi connectivity index (χ2n) is 10.7. The second-order valence-corrected chi connectivity index (χ2v) is 10.7. The summed E-state index contributed by atoms with van der Waals surface area (Å²) in [5, 5.41) is 37.0. The van der Waals surface area contributed by atoms with E-state index in [0.717, 1.165) is 16.7 Å². The number of aliphatic hydroxyl groups is 3. The third-order valence-corrected chi connectivity index (χ3v) is 7.84. The summed E-state index contributed by atoms with van der Waals surface area (Å²) < 4.78 is 7.20. The minimum Gasteiger partial charge on any atom is -0.394 e. The maximum Gasteiger partial charge on any atom is 0.289 e. The highest BCUT2D eigenvalue weighted by molar-refractivity contribution is 5.94. The van der Waals surface area contributed by atoms with Gasteiger partial charge in [-0.15, -0.1) is 0 Å². The molecule has 5 aromatic rings. The Labute approximate surface area is 254 Å². The Kier molecular flexibility index (Phi) is 8.89. The van der Waals surface area contributed by atoms with Crippen molar-refractivity contribution in [3.63, 3.8) is 0 Å². The van der Waals surface area contributed by atoms with Gasteiger partial charge in [0.25, 0.3) is 5.91 Å². The van der Waals surface area contributed by atoms with Crippen molar-refractivity contribution in [2.75, 3.05) is 25.0 Å². The molecule has 0 bridgehead atoms. The van der Waals surface area contributed by atoms with Crippen LogP contribution in [0, 0.1) is 0 Å². The van der Waals surface area contributed by atoms with Gasteiger partial charge in [-0.05, 0) is 23.1 Å². The van der Waals surface area contributed by atoms with E-state index >= 15 is 0 Å². The van der Waals surface area contributed by atoms with Crippen LogP contribution < -0.4 is 10.6 Å². The van der Waals surface area contributed by atoms with Crippen molar-refractivity contribution in [1.29, 1.82) is 0 Å². The van der Waals surface area contributed by atoms with Crippen LogP contribution in [0.25, 0.3) is 11.2 Å². The van der Waals surface area contributed by atoms with Crippen LogP contribution in [0.3, 0.4) is 0 Å². The topological polar surface area (TPSA) is 155 Å². The van der Waals surface area contributed by atoms with Crippen molar-refractivity contribution < 1.29 is 24.9 Å².